The van der Waals surface area contributed by atoms with E-state index in [1.165, 1.54) is 12.1 Å². The van der Waals surface area contributed by atoms with Crippen LogP contribution in [0, 0.1) is 5.82 Å². The predicted molar refractivity (Wildman–Crippen MR) is 87.3 cm³/mol. The van der Waals surface area contributed by atoms with Crippen molar-refractivity contribution in [3.8, 4) is 0 Å². The predicted octanol–water partition coefficient (Wildman–Crippen LogP) is 1.50. The lowest BCUT2D eigenvalue weighted by Crippen LogP contribution is -2.38. The zero-order valence-corrected chi connectivity index (χ0v) is 14.1. The SMILES string of the molecule is O=C(COC(=O)c1cc2c(F)cccc2s1)N[C@H]1CCS(=O)(=O)C1. The van der Waals surface area contributed by atoms with Crippen LogP contribution >= 0.6 is 11.3 Å². The summed E-state index contributed by atoms with van der Waals surface area (Å²) in [4.78, 5) is 23.9. The average molecular weight is 371 g/mol. The lowest BCUT2D eigenvalue weighted by atomic mass is 10.2. The Kier molecular flexibility index (Phi) is 4.55. The molecule has 0 bridgehead atoms. The number of esters is 1. The number of amides is 1. The lowest BCUT2D eigenvalue weighted by molar-refractivity contribution is -0.124. The minimum Gasteiger partial charge on any atom is -0.451 e. The molecule has 1 aliphatic heterocycles. The van der Waals surface area contributed by atoms with Crippen LogP contribution in [-0.2, 0) is 19.4 Å². The molecule has 1 saturated heterocycles. The summed E-state index contributed by atoms with van der Waals surface area (Å²) in [6.45, 7) is -0.508. The highest BCUT2D eigenvalue weighted by Gasteiger charge is 2.29. The van der Waals surface area contributed by atoms with Gasteiger partial charge in [0.1, 0.15) is 10.7 Å². The average Bonchev–Trinajstić information content (AvgIpc) is 3.09. The monoisotopic (exact) mass is 371 g/mol. The molecule has 3 rings (SSSR count). The molecule has 128 valence electrons. The van der Waals surface area contributed by atoms with Crippen molar-refractivity contribution in [1.82, 2.24) is 5.32 Å². The van der Waals surface area contributed by atoms with E-state index in [1.54, 1.807) is 12.1 Å². The van der Waals surface area contributed by atoms with E-state index in [2.05, 4.69) is 5.32 Å². The molecule has 1 aliphatic rings. The summed E-state index contributed by atoms with van der Waals surface area (Å²) in [6.07, 6.45) is 0.359. The number of carbonyl (C=O) groups is 2. The third kappa shape index (κ3) is 3.73. The zero-order valence-electron chi connectivity index (χ0n) is 12.5. The van der Waals surface area contributed by atoms with Gasteiger partial charge in [-0.1, -0.05) is 6.07 Å². The molecule has 2 aromatic rings. The van der Waals surface area contributed by atoms with Crippen molar-refractivity contribution in [3.63, 3.8) is 0 Å². The lowest BCUT2D eigenvalue weighted by Gasteiger charge is -2.10. The number of carbonyl (C=O) groups excluding carboxylic acids is 2. The van der Waals surface area contributed by atoms with Crippen molar-refractivity contribution < 1.29 is 27.1 Å². The number of sulfone groups is 1. The Labute approximate surface area is 141 Å². The van der Waals surface area contributed by atoms with Crippen molar-refractivity contribution in [2.24, 2.45) is 0 Å². The Bertz CT molecular complexity index is 906. The normalized spacial score (nSPS) is 19.3. The Morgan fingerprint density at radius 3 is 2.83 bits per heavy atom. The van der Waals surface area contributed by atoms with E-state index >= 15 is 0 Å². The number of ether oxygens (including phenoxy) is 1. The third-order valence-corrected chi connectivity index (χ3v) is 6.49. The quantitative estimate of drug-likeness (QED) is 0.823. The Morgan fingerprint density at radius 1 is 1.38 bits per heavy atom. The van der Waals surface area contributed by atoms with E-state index in [0.29, 0.717) is 16.5 Å². The molecule has 1 aromatic carbocycles. The second-order valence-corrected chi connectivity index (χ2v) is 8.82. The number of fused-ring (bicyclic) bond motifs is 1. The maximum atomic E-state index is 13.6. The van der Waals surface area contributed by atoms with E-state index in [9.17, 15) is 22.4 Å². The summed E-state index contributed by atoms with van der Waals surface area (Å²) in [5.41, 5.74) is 0. The fraction of sp³-hybridized carbons (Fsp3) is 0.333. The molecule has 0 aliphatic carbocycles. The van der Waals surface area contributed by atoms with Crippen LogP contribution in [-0.4, -0.2) is 44.4 Å². The van der Waals surface area contributed by atoms with Crippen LogP contribution in [0.3, 0.4) is 0 Å². The zero-order chi connectivity index (χ0) is 17.3. The molecule has 6 nitrogen and oxygen atoms in total. The molecule has 24 heavy (non-hydrogen) atoms. The van der Waals surface area contributed by atoms with Crippen LogP contribution in [0.1, 0.15) is 16.1 Å². The minimum absolute atomic E-state index is 0.0467. The van der Waals surface area contributed by atoms with Gasteiger partial charge in [-0.2, -0.15) is 0 Å². The number of hydrogen-bond donors (Lipinski definition) is 1. The summed E-state index contributed by atoms with van der Waals surface area (Å²) >= 11 is 1.08. The minimum atomic E-state index is -3.09. The first-order valence-electron chi connectivity index (χ1n) is 7.19. The van der Waals surface area contributed by atoms with E-state index in [-0.39, 0.29) is 16.4 Å². The van der Waals surface area contributed by atoms with Gasteiger partial charge in [-0.15, -0.1) is 11.3 Å². The van der Waals surface area contributed by atoms with Gasteiger partial charge in [0.05, 0.1) is 11.5 Å². The maximum absolute atomic E-state index is 13.6. The maximum Gasteiger partial charge on any atom is 0.348 e. The highest BCUT2D eigenvalue weighted by atomic mass is 32.2. The standard InChI is InChI=1S/C15H14FNO5S2/c16-11-2-1-3-12-10(11)6-13(23-12)15(19)22-7-14(18)17-9-4-5-24(20,21)8-9/h1-3,6,9H,4-5,7-8H2,(H,17,18)/t9-/m0/s1. The molecule has 0 radical (unpaired) electrons. The van der Waals surface area contributed by atoms with Gasteiger partial charge in [0.2, 0.25) is 0 Å². The molecule has 9 heteroatoms. The number of thiophene rings is 1. The van der Waals surface area contributed by atoms with Crippen LogP contribution < -0.4 is 5.32 Å². The number of rotatable bonds is 4. The molecular formula is C15H14FNO5S2. The van der Waals surface area contributed by atoms with Crippen molar-refractivity contribution in [2.45, 2.75) is 12.5 Å². The molecule has 1 N–H and O–H groups in total. The van der Waals surface area contributed by atoms with E-state index < -0.39 is 40.2 Å². The second-order valence-electron chi connectivity index (χ2n) is 5.51. The topological polar surface area (TPSA) is 89.5 Å². The van der Waals surface area contributed by atoms with E-state index in [1.807, 2.05) is 0 Å². The molecule has 1 fully saturated rings. The van der Waals surface area contributed by atoms with Crippen LogP contribution in [0.25, 0.3) is 10.1 Å². The smallest absolute Gasteiger partial charge is 0.348 e. The van der Waals surface area contributed by atoms with Gasteiger partial charge in [-0.05, 0) is 24.6 Å². The first kappa shape index (κ1) is 16.8. The number of benzene rings is 1. The molecule has 0 unspecified atom stereocenters. The Morgan fingerprint density at radius 2 is 2.17 bits per heavy atom. The van der Waals surface area contributed by atoms with Crippen molar-refractivity contribution in [1.29, 1.82) is 0 Å². The van der Waals surface area contributed by atoms with Gasteiger partial charge >= 0.3 is 5.97 Å². The Hall–Kier alpha value is -2.00. The fourth-order valence-corrected chi connectivity index (χ4v) is 5.15. The van der Waals surface area contributed by atoms with Crippen molar-refractivity contribution in [2.75, 3.05) is 18.1 Å². The Balaban J connectivity index is 1.56. The number of halogens is 1. The van der Waals surface area contributed by atoms with Crippen LogP contribution in [0.5, 0.6) is 0 Å². The summed E-state index contributed by atoms with van der Waals surface area (Å²) < 4.78 is 41.8. The van der Waals surface area contributed by atoms with Gasteiger partial charge in [0.15, 0.2) is 16.4 Å². The van der Waals surface area contributed by atoms with E-state index in [0.717, 1.165) is 11.3 Å². The first-order chi connectivity index (χ1) is 11.3. The number of nitrogens with one attached hydrogen (secondary N) is 1. The molecule has 1 atom stereocenters. The third-order valence-electron chi connectivity index (χ3n) is 3.64. The van der Waals surface area contributed by atoms with Gasteiger partial charge < -0.3 is 10.1 Å². The highest BCUT2D eigenvalue weighted by Crippen LogP contribution is 2.28. The highest BCUT2D eigenvalue weighted by molar-refractivity contribution is 7.91. The fourth-order valence-electron chi connectivity index (χ4n) is 2.51. The van der Waals surface area contributed by atoms with E-state index in [4.69, 9.17) is 4.74 Å². The molecular weight excluding hydrogens is 357 g/mol. The summed E-state index contributed by atoms with van der Waals surface area (Å²) in [7, 11) is -3.09. The summed E-state index contributed by atoms with van der Waals surface area (Å²) in [6, 6.07) is 5.48. The van der Waals surface area contributed by atoms with Crippen molar-refractivity contribution in [3.05, 3.63) is 35.0 Å². The van der Waals surface area contributed by atoms with Crippen LogP contribution in [0.15, 0.2) is 24.3 Å². The summed E-state index contributed by atoms with van der Waals surface area (Å²) in [5, 5.41) is 2.85. The van der Waals surface area contributed by atoms with Crippen molar-refractivity contribution >= 4 is 43.1 Å². The second kappa shape index (κ2) is 6.48. The van der Waals surface area contributed by atoms with Gasteiger partial charge in [-0.3, -0.25) is 4.79 Å². The molecule has 1 aromatic heterocycles. The van der Waals surface area contributed by atoms with Gasteiger partial charge in [-0.25, -0.2) is 17.6 Å². The molecule has 1 amide bonds. The van der Waals surface area contributed by atoms with Gasteiger partial charge in [0, 0.05) is 16.1 Å². The van der Waals surface area contributed by atoms with Crippen LogP contribution in [0.4, 0.5) is 4.39 Å². The van der Waals surface area contributed by atoms with Gasteiger partial charge in [0.25, 0.3) is 5.91 Å². The molecule has 0 spiro atoms. The first-order valence-corrected chi connectivity index (χ1v) is 9.83. The molecule has 0 saturated carbocycles. The van der Waals surface area contributed by atoms with Crippen LogP contribution in [0.2, 0.25) is 0 Å². The largest absolute Gasteiger partial charge is 0.451 e. The summed E-state index contributed by atoms with van der Waals surface area (Å²) in [5.74, 6) is -1.75. The number of hydrogen-bond acceptors (Lipinski definition) is 6. The molecule has 2 heterocycles.